The molecule has 0 aliphatic carbocycles. The van der Waals surface area contributed by atoms with Gasteiger partial charge in [-0.2, -0.15) is 10.2 Å². The van der Waals surface area contributed by atoms with E-state index >= 15 is 0 Å². The van der Waals surface area contributed by atoms with Gasteiger partial charge < -0.3 is 10.6 Å². The number of aromatic nitrogens is 4. The number of hydrogen-bond acceptors (Lipinski definition) is 3. The van der Waals surface area contributed by atoms with Crippen molar-refractivity contribution >= 4 is 63.8 Å². The van der Waals surface area contributed by atoms with E-state index in [0.29, 0.717) is 38.8 Å². The highest BCUT2D eigenvalue weighted by Crippen LogP contribution is 2.24. The molecule has 6 nitrogen and oxygen atoms in total. The van der Waals surface area contributed by atoms with E-state index in [9.17, 15) is 4.39 Å². The van der Waals surface area contributed by atoms with Gasteiger partial charge in [0.25, 0.3) is 0 Å². The maximum atomic E-state index is 14.0. The molecule has 2 heterocycles. The van der Waals surface area contributed by atoms with Crippen molar-refractivity contribution in [1.29, 1.82) is 0 Å². The Bertz CT molecular complexity index is 1230. The van der Waals surface area contributed by atoms with Crippen molar-refractivity contribution < 1.29 is 4.39 Å². The summed E-state index contributed by atoms with van der Waals surface area (Å²) in [4.78, 5) is 0. The summed E-state index contributed by atoms with van der Waals surface area (Å²) in [6, 6.07) is 13.9. The topological polar surface area (TPSA) is 59.7 Å². The van der Waals surface area contributed by atoms with E-state index in [-0.39, 0.29) is 11.7 Å². The molecular weight excluding hydrogens is 494 g/mol. The molecule has 32 heavy (non-hydrogen) atoms. The monoisotopic (exact) mass is 508 g/mol. The lowest BCUT2D eigenvalue weighted by atomic mass is 10.2. The lowest BCUT2D eigenvalue weighted by Crippen LogP contribution is -2.20. The Kier molecular flexibility index (Phi) is 6.95. The first-order chi connectivity index (χ1) is 15.4. The number of benzene rings is 2. The molecule has 2 aromatic carbocycles. The molecule has 0 saturated carbocycles. The van der Waals surface area contributed by atoms with Crippen LogP contribution >= 0.6 is 47.0 Å². The van der Waals surface area contributed by atoms with E-state index in [0.717, 1.165) is 5.56 Å². The van der Waals surface area contributed by atoms with Gasteiger partial charge in [-0.1, -0.05) is 53.0 Å². The highest BCUT2D eigenvalue weighted by atomic mass is 35.5. The zero-order valence-corrected chi connectivity index (χ0v) is 19.5. The van der Waals surface area contributed by atoms with Gasteiger partial charge in [0.2, 0.25) is 0 Å². The van der Waals surface area contributed by atoms with Crippen LogP contribution in [0.4, 0.5) is 16.0 Å². The van der Waals surface area contributed by atoms with Gasteiger partial charge in [0, 0.05) is 34.1 Å². The molecule has 0 fully saturated rings. The molecule has 0 spiro atoms. The van der Waals surface area contributed by atoms with Crippen molar-refractivity contribution in [3.63, 3.8) is 0 Å². The van der Waals surface area contributed by atoms with Crippen LogP contribution in [-0.2, 0) is 13.1 Å². The zero-order valence-electron chi connectivity index (χ0n) is 16.4. The zero-order chi connectivity index (χ0) is 22.7. The predicted molar refractivity (Wildman–Crippen MR) is 130 cm³/mol. The Morgan fingerprint density at radius 3 is 2.44 bits per heavy atom. The van der Waals surface area contributed by atoms with Crippen LogP contribution in [0.25, 0.3) is 0 Å². The molecule has 0 aliphatic rings. The summed E-state index contributed by atoms with van der Waals surface area (Å²) in [5.74, 6) is 0.479. The van der Waals surface area contributed by atoms with Crippen LogP contribution in [0, 0.1) is 5.82 Å². The van der Waals surface area contributed by atoms with Gasteiger partial charge in [-0.25, -0.2) is 4.39 Å². The average molecular weight is 510 g/mol. The fourth-order valence-corrected chi connectivity index (χ4v) is 3.70. The number of thiocarbonyl (C=S) groups is 1. The number of hydrogen-bond donors (Lipinski definition) is 2. The molecule has 11 heteroatoms. The average Bonchev–Trinajstić information content (AvgIpc) is 3.32. The molecule has 0 radical (unpaired) electrons. The van der Waals surface area contributed by atoms with Gasteiger partial charge in [-0.05, 0) is 42.0 Å². The minimum atomic E-state index is -0.412. The number of anilines is 2. The van der Waals surface area contributed by atoms with Crippen LogP contribution in [-0.4, -0.2) is 24.7 Å². The first-order valence-electron chi connectivity index (χ1n) is 9.39. The molecule has 2 aromatic heterocycles. The van der Waals surface area contributed by atoms with Gasteiger partial charge in [0.1, 0.15) is 10.8 Å². The third-order valence-corrected chi connectivity index (χ3v) is 5.56. The fourth-order valence-electron chi connectivity index (χ4n) is 2.96. The first-order valence-corrected chi connectivity index (χ1v) is 10.9. The number of halogens is 4. The normalized spacial score (nSPS) is 10.9. The van der Waals surface area contributed by atoms with Crippen LogP contribution in [0.1, 0.15) is 11.1 Å². The molecular formula is C21H16Cl3FN6S. The largest absolute Gasteiger partial charge is 0.316 e. The van der Waals surface area contributed by atoms with Crippen molar-refractivity contribution in [2.45, 2.75) is 13.1 Å². The summed E-state index contributed by atoms with van der Waals surface area (Å²) in [6.45, 7) is 0.718. The van der Waals surface area contributed by atoms with E-state index in [2.05, 4.69) is 20.8 Å². The highest BCUT2D eigenvalue weighted by molar-refractivity contribution is 7.80. The second-order valence-electron chi connectivity index (χ2n) is 6.83. The third-order valence-electron chi connectivity index (χ3n) is 4.47. The van der Waals surface area contributed by atoms with E-state index in [1.54, 1.807) is 29.1 Å². The minimum Gasteiger partial charge on any atom is -0.316 e. The van der Waals surface area contributed by atoms with Crippen LogP contribution in [0.15, 0.2) is 60.9 Å². The van der Waals surface area contributed by atoms with Crippen molar-refractivity contribution in [3.05, 3.63) is 92.9 Å². The van der Waals surface area contributed by atoms with Crippen LogP contribution < -0.4 is 10.6 Å². The standard InChI is InChI=1S/C21H16Cl3FN6S/c22-14-6-4-13(5-7-14)10-30-9-8-19(28-30)26-21(32)27-20-17(24)12-31(29-20)11-15-16(23)2-1-3-18(15)25/h1-9,12H,10-11H2,(H2,26,27,28,29,32). The van der Waals surface area contributed by atoms with Gasteiger partial charge in [-0.3, -0.25) is 9.36 Å². The van der Waals surface area contributed by atoms with Crippen molar-refractivity contribution in [2.75, 3.05) is 10.6 Å². The quantitative estimate of drug-likeness (QED) is 0.308. The first kappa shape index (κ1) is 22.5. The molecule has 2 N–H and O–H groups in total. The van der Waals surface area contributed by atoms with E-state index in [1.807, 2.05) is 30.5 Å². The molecule has 0 bridgehead atoms. The van der Waals surface area contributed by atoms with Crippen molar-refractivity contribution in [2.24, 2.45) is 0 Å². The summed E-state index contributed by atoms with van der Waals surface area (Å²) in [7, 11) is 0. The second-order valence-corrected chi connectivity index (χ2v) is 8.49. The number of nitrogens with one attached hydrogen (secondary N) is 2. The van der Waals surface area contributed by atoms with Gasteiger partial charge in [-0.15, -0.1) is 0 Å². The molecule has 0 unspecified atom stereocenters. The summed E-state index contributed by atoms with van der Waals surface area (Å²) in [6.07, 6.45) is 3.40. The molecule has 4 rings (SSSR count). The maximum Gasteiger partial charge on any atom is 0.177 e. The van der Waals surface area contributed by atoms with E-state index in [4.69, 9.17) is 47.0 Å². The summed E-state index contributed by atoms with van der Waals surface area (Å²) < 4.78 is 17.3. The Morgan fingerprint density at radius 2 is 1.69 bits per heavy atom. The van der Waals surface area contributed by atoms with Crippen molar-refractivity contribution in [3.8, 4) is 0 Å². The van der Waals surface area contributed by atoms with Gasteiger partial charge in [0.05, 0.1) is 13.1 Å². The van der Waals surface area contributed by atoms with E-state index in [1.165, 1.54) is 10.7 Å². The molecule has 164 valence electrons. The Hall–Kier alpha value is -2.65. The predicted octanol–water partition coefficient (Wildman–Crippen LogP) is 6.08. The maximum absolute atomic E-state index is 14.0. The summed E-state index contributed by atoms with van der Waals surface area (Å²) in [5.41, 5.74) is 1.39. The minimum absolute atomic E-state index is 0.127. The van der Waals surface area contributed by atoms with Crippen LogP contribution in [0.3, 0.4) is 0 Å². The molecule has 4 aromatic rings. The lowest BCUT2D eigenvalue weighted by Gasteiger charge is -2.07. The molecule has 0 aliphatic heterocycles. The van der Waals surface area contributed by atoms with Gasteiger partial charge >= 0.3 is 0 Å². The second kappa shape index (κ2) is 9.87. The Morgan fingerprint density at radius 1 is 0.906 bits per heavy atom. The van der Waals surface area contributed by atoms with Crippen molar-refractivity contribution in [1.82, 2.24) is 19.6 Å². The summed E-state index contributed by atoms with van der Waals surface area (Å²) >= 11 is 23.6. The highest BCUT2D eigenvalue weighted by Gasteiger charge is 2.13. The van der Waals surface area contributed by atoms with E-state index < -0.39 is 5.82 Å². The van der Waals surface area contributed by atoms with Crippen LogP contribution in [0.5, 0.6) is 0 Å². The molecule has 0 amide bonds. The smallest absolute Gasteiger partial charge is 0.177 e. The summed E-state index contributed by atoms with van der Waals surface area (Å²) in [5, 5.41) is 16.3. The Balaban J connectivity index is 1.37. The molecule has 0 saturated heterocycles. The Labute approximate surface area is 203 Å². The number of nitrogens with zero attached hydrogens (tertiary/aromatic N) is 4. The number of rotatable bonds is 6. The van der Waals surface area contributed by atoms with Gasteiger partial charge in [0.15, 0.2) is 16.7 Å². The fraction of sp³-hybridized carbons (Fsp3) is 0.0952. The third kappa shape index (κ3) is 5.58. The lowest BCUT2D eigenvalue weighted by molar-refractivity contribution is 0.586. The van der Waals surface area contributed by atoms with Crippen LogP contribution in [0.2, 0.25) is 15.1 Å². The molecule has 0 atom stereocenters. The SMILES string of the molecule is Fc1cccc(Cl)c1Cn1cc(Cl)c(NC(=S)Nc2ccn(Cc3ccc(Cl)cc3)n2)n1.